The zero-order valence-corrected chi connectivity index (χ0v) is 16.5. The van der Waals surface area contributed by atoms with Crippen molar-refractivity contribution in [3.8, 4) is 22.8 Å². The number of fused-ring (bicyclic) bond motifs is 1. The summed E-state index contributed by atoms with van der Waals surface area (Å²) in [7, 11) is 1.53. The number of pyridine rings is 1. The van der Waals surface area contributed by atoms with Gasteiger partial charge in [0.2, 0.25) is 0 Å². The van der Waals surface area contributed by atoms with Gasteiger partial charge in [-0.15, -0.1) is 0 Å². The van der Waals surface area contributed by atoms with Crippen LogP contribution in [0.1, 0.15) is 5.56 Å². The predicted molar refractivity (Wildman–Crippen MR) is 111 cm³/mol. The number of hydrogen-bond donors (Lipinski definition) is 2. The Balaban J connectivity index is 1.90. The number of aryl methyl sites for hydroxylation is 1. The summed E-state index contributed by atoms with van der Waals surface area (Å²) in [5.74, 6) is 1.36. The maximum absolute atomic E-state index is 9.92. The van der Waals surface area contributed by atoms with Crippen LogP contribution < -0.4 is 10.1 Å². The zero-order chi connectivity index (χ0) is 19.0. The lowest BCUT2D eigenvalue weighted by Crippen LogP contribution is -1.97. The first kappa shape index (κ1) is 17.4. The van der Waals surface area contributed by atoms with Gasteiger partial charge >= 0.3 is 0 Å². The third-order valence-electron chi connectivity index (χ3n) is 4.33. The van der Waals surface area contributed by atoms with Gasteiger partial charge in [-0.3, -0.25) is 4.40 Å². The lowest BCUT2D eigenvalue weighted by atomic mass is 10.1. The van der Waals surface area contributed by atoms with Crippen LogP contribution in [0.5, 0.6) is 11.5 Å². The second kappa shape index (κ2) is 6.96. The topological polar surface area (TPSA) is 58.8 Å². The van der Waals surface area contributed by atoms with Crippen LogP contribution in [0.4, 0.5) is 11.5 Å². The van der Waals surface area contributed by atoms with Crippen molar-refractivity contribution in [1.29, 1.82) is 0 Å². The Labute approximate surface area is 165 Å². The Kier molecular flexibility index (Phi) is 4.49. The van der Waals surface area contributed by atoms with Gasteiger partial charge in [0.25, 0.3) is 0 Å². The Morgan fingerprint density at radius 2 is 1.85 bits per heavy atom. The highest BCUT2D eigenvalue weighted by molar-refractivity contribution is 9.10. The minimum atomic E-state index is 0.100. The molecule has 0 saturated heterocycles. The SMILES string of the molecule is COc1cc(-c2nc3ccc(C)cn3c2Nc2ccc(Br)cc2)ccc1O. The quantitative estimate of drug-likeness (QED) is 0.452. The van der Waals surface area contributed by atoms with Crippen molar-refractivity contribution >= 4 is 33.1 Å². The molecule has 0 aliphatic carbocycles. The maximum atomic E-state index is 9.92. The van der Waals surface area contributed by atoms with Crippen LogP contribution in [0.3, 0.4) is 0 Å². The fourth-order valence-electron chi connectivity index (χ4n) is 2.97. The van der Waals surface area contributed by atoms with Gasteiger partial charge in [0.1, 0.15) is 17.2 Å². The first-order valence-electron chi connectivity index (χ1n) is 8.44. The number of phenolic OH excluding ortho intramolecular Hbond substituents is 1. The fourth-order valence-corrected chi connectivity index (χ4v) is 3.23. The number of nitrogens with zero attached hydrogens (tertiary/aromatic N) is 2. The molecule has 2 aromatic heterocycles. The second-order valence-corrected chi connectivity index (χ2v) is 7.18. The first-order chi connectivity index (χ1) is 13.0. The average Bonchev–Trinajstić information content (AvgIpc) is 3.01. The Morgan fingerprint density at radius 1 is 1.07 bits per heavy atom. The molecule has 0 unspecified atom stereocenters. The van der Waals surface area contributed by atoms with E-state index in [2.05, 4.69) is 21.2 Å². The number of ether oxygens (including phenoxy) is 1. The highest BCUT2D eigenvalue weighted by Crippen LogP contribution is 2.36. The molecule has 0 fully saturated rings. The molecule has 0 spiro atoms. The normalized spacial score (nSPS) is 10.9. The van der Waals surface area contributed by atoms with E-state index in [0.29, 0.717) is 5.75 Å². The molecule has 2 aromatic carbocycles. The Hall–Kier alpha value is -2.99. The van der Waals surface area contributed by atoms with Crippen molar-refractivity contribution in [3.63, 3.8) is 0 Å². The van der Waals surface area contributed by atoms with Crippen molar-refractivity contribution in [2.45, 2.75) is 6.92 Å². The van der Waals surface area contributed by atoms with E-state index in [1.807, 2.05) is 60.0 Å². The monoisotopic (exact) mass is 423 g/mol. The van der Waals surface area contributed by atoms with Crippen molar-refractivity contribution in [1.82, 2.24) is 9.38 Å². The van der Waals surface area contributed by atoms with E-state index < -0.39 is 0 Å². The van der Waals surface area contributed by atoms with Gasteiger partial charge in [0.05, 0.1) is 7.11 Å². The minimum absolute atomic E-state index is 0.100. The number of nitrogens with one attached hydrogen (secondary N) is 1. The maximum Gasteiger partial charge on any atom is 0.161 e. The summed E-state index contributed by atoms with van der Waals surface area (Å²) in [6.07, 6.45) is 2.05. The Bertz CT molecular complexity index is 1120. The molecule has 0 radical (unpaired) electrons. The standard InChI is InChI=1S/C21H18BrN3O2/c1-13-3-10-19-24-20(14-4-9-17(26)18(11-14)27-2)21(25(19)12-13)23-16-7-5-15(22)6-8-16/h3-12,23,26H,1-2H3. The molecule has 136 valence electrons. The third kappa shape index (κ3) is 3.36. The van der Waals surface area contributed by atoms with Crippen molar-refractivity contribution in [2.24, 2.45) is 0 Å². The van der Waals surface area contributed by atoms with E-state index in [-0.39, 0.29) is 5.75 Å². The van der Waals surface area contributed by atoms with Crippen LogP contribution in [-0.4, -0.2) is 21.6 Å². The van der Waals surface area contributed by atoms with Crippen molar-refractivity contribution in [2.75, 3.05) is 12.4 Å². The molecule has 2 N–H and O–H groups in total. The van der Waals surface area contributed by atoms with E-state index in [0.717, 1.165) is 38.4 Å². The number of methoxy groups -OCH3 is 1. The van der Waals surface area contributed by atoms with Crippen LogP contribution in [0.2, 0.25) is 0 Å². The molecule has 0 aliphatic rings. The van der Waals surface area contributed by atoms with Crippen LogP contribution >= 0.6 is 15.9 Å². The number of anilines is 2. The number of benzene rings is 2. The van der Waals surface area contributed by atoms with Gasteiger partial charge in [0.15, 0.2) is 11.5 Å². The summed E-state index contributed by atoms with van der Waals surface area (Å²) in [5.41, 5.74) is 4.55. The van der Waals surface area contributed by atoms with E-state index in [1.165, 1.54) is 7.11 Å². The molecule has 27 heavy (non-hydrogen) atoms. The van der Waals surface area contributed by atoms with E-state index >= 15 is 0 Å². The van der Waals surface area contributed by atoms with Crippen molar-refractivity contribution in [3.05, 3.63) is 70.8 Å². The number of aromatic nitrogens is 2. The molecular formula is C21H18BrN3O2. The van der Waals surface area contributed by atoms with Crippen LogP contribution in [0, 0.1) is 6.92 Å². The van der Waals surface area contributed by atoms with Crippen LogP contribution in [0.15, 0.2) is 65.3 Å². The van der Waals surface area contributed by atoms with Gasteiger partial charge < -0.3 is 15.2 Å². The number of halogens is 1. The van der Waals surface area contributed by atoms with Gasteiger partial charge in [-0.1, -0.05) is 22.0 Å². The zero-order valence-electron chi connectivity index (χ0n) is 14.9. The van der Waals surface area contributed by atoms with Gasteiger partial charge in [-0.05, 0) is 61.0 Å². The van der Waals surface area contributed by atoms with Gasteiger partial charge in [-0.25, -0.2) is 4.98 Å². The summed E-state index contributed by atoms with van der Waals surface area (Å²) >= 11 is 3.46. The summed E-state index contributed by atoms with van der Waals surface area (Å²) < 4.78 is 8.31. The highest BCUT2D eigenvalue weighted by Gasteiger charge is 2.16. The molecule has 0 aliphatic heterocycles. The van der Waals surface area contributed by atoms with Gasteiger partial charge in [0, 0.05) is 21.9 Å². The van der Waals surface area contributed by atoms with E-state index in [4.69, 9.17) is 9.72 Å². The molecule has 2 heterocycles. The Morgan fingerprint density at radius 3 is 2.59 bits per heavy atom. The van der Waals surface area contributed by atoms with Gasteiger partial charge in [-0.2, -0.15) is 0 Å². The molecule has 5 nitrogen and oxygen atoms in total. The summed E-state index contributed by atoms with van der Waals surface area (Å²) in [5, 5.41) is 13.4. The summed E-state index contributed by atoms with van der Waals surface area (Å²) in [6, 6.07) is 17.2. The third-order valence-corrected chi connectivity index (χ3v) is 4.86. The first-order valence-corrected chi connectivity index (χ1v) is 9.23. The molecule has 4 rings (SSSR count). The summed E-state index contributed by atoms with van der Waals surface area (Å²) in [6.45, 7) is 2.05. The fraction of sp³-hybridized carbons (Fsp3) is 0.0952. The second-order valence-electron chi connectivity index (χ2n) is 6.26. The highest BCUT2D eigenvalue weighted by atomic mass is 79.9. The van der Waals surface area contributed by atoms with E-state index in [1.54, 1.807) is 12.1 Å². The number of phenols is 1. The van der Waals surface area contributed by atoms with Crippen LogP contribution in [0.25, 0.3) is 16.9 Å². The molecule has 0 saturated carbocycles. The average molecular weight is 424 g/mol. The molecule has 0 bridgehead atoms. The lowest BCUT2D eigenvalue weighted by Gasteiger charge is -2.11. The molecule has 4 aromatic rings. The predicted octanol–water partition coefficient (Wildman–Crippen LogP) is 5.53. The molecule has 0 atom stereocenters. The van der Waals surface area contributed by atoms with E-state index in [9.17, 15) is 5.11 Å². The van der Waals surface area contributed by atoms with Crippen molar-refractivity contribution < 1.29 is 9.84 Å². The molecule has 0 amide bonds. The number of hydrogen-bond acceptors (Lipinski definition) is 4. The molecule has 6 heteroatoms. The number of imidazole rings is 1. The van der Waals surface area contributed by atoms with Crippen LogP contribution in [-0.2, 0) is 0 Å². The largest absolute Gasteiger partial charge is 0.504 e. The smallest absolute Gasteiger partial charge is 0.161 e. The number of rotatable bonds is 4. The molecular weight excluding hydrogens is 406 g/mol. The summed E-state index contributed by atoms with van der Waals surface area (Å²) in [4.78, 5) is 4.80. The number of aromatic hydroxyl groups is 1. The lowest BCUT2D eigenvalue weighted by molar-refractivity contribution is 0.373. The minimum Gasteiger partial charge on any atom is -0.504 e.